The molecule has 0 aliphatic carbocycles. The maximum atomic E-state index is 13.3. The monoisotopic (exact) mass is 337 g/mol. The molecule has 1 aromatic rings. The minimum atomic E-state index is -0.224. The first-order chi connectivity index (χ1) is 11.7. The van der Waals surface area contributed by atoms with E-state index in [9.17, 15) is 9.18 Å². The topological polar surface area (TPSA) is 20.3 Å². The Balaban J connectivity index is 2.32. The number of ketones is 1. The third-order valence-electron chi connectivity index (χ3n) is 4.54. The first-order valence-electron chi connectivity index (χ1n) is 8.22. The molecule has 0 bridgehead atoms. The highest BCUT2D eigenvalue weighted by molar-refractivity contribution is 5.96. The van der Waals surface area contributed by atoms with Gasteiger partial charge in [-0.25, -0.2) is 4.39 Å². The Labute approximate surface area is 149 Å². The summed E-state index contributed by atoms with van der Waals surface area (Å²) in [5.41, 5.74) is 6.55. The van der Waals surface area contributed by atoms with Gasteiger partial charge in [-0.15, -0.1) is 0 Å². The van der Waals surface area contributed by atoms with Gasteiger partial charge in [-0.2, -0.15) is 0 Å². The number of aryl methyl sites for hydroxylation is 1. The van der Waals surface area contributed by atoms with Gasteiger partial charge in [0, 0.05) is 23.2 Å². The molecule has 1 aliphatic rings. The number of nitrogens with zero attached hydrogens (tertiary/aromatic N) is 1. The average molecular weight is 337 g/mol. The summed E-state index contributed by atoms with van der Waals surface area (Å²) in [6.45, 7) is 13.6. The molecule has 0 saturated carbocycles. The molecule has 0 spiro atoms. The van der Waals surface area contributed by atoms with E-state index in [1.165, 1.54) is 12.1 Å². The zero-order valence-electron chi connectivity index (χ0n) is 15.5. The summed E-state index contributed by atoms with van der Waals surface area (Å²) in [5.74, 6) is -0.197. The lowest BCUT2D eigenvalue weighted by Crippen LogP contribution is -2.18. The summed E-state index contributed by atoms with van der Waals surface area (Å²) >= 11 is 0. The van der Waals surface area contributed by atoms with Gasteiger partial charge in [0.2, 0.25) is 0 Å². The zero-order chi connectivity index (χ0) is 18.7. The Morgan fingerprint density at radius 2 is 1.88 bits per heavy atom. The summed E-state index contributed by atoms with van der Waals surface area (Å²) in [6, 6.07) is 4.80. The second-order valence-electron chi connectivity index (χ2n) is 6.37. The smallest absolute Gasteiger partial charge is 0.159 e. The van der Waals surface area contributed by atoms with Crippen molar-refractivity contribution in [3.05, 3.63) is 88.2 Å². The molecular formula is C22H24FNO. The quantitative estimate of drug-likeness (QED) is 0.658. The first-order valence-corrected chi connectivity index (χ1v) is 8.22. The van der Waals surface area contributed by atoms with Crippen LogP contribution in [0.15, 0.2) is 71.2 Å². The van der Waals surface area contributed by atoms with Gasteiger partial charge >= 0.3 is 0 Å². The number of allylic oxidation sites excluding steroid dienone is 6. The van der Waals surface area contributed by atoms with Crippen LogP contribution in [0.3, 0.4) is 0 Å². The molecule has 25 heavy (non-hydrogen) atoms. The molecule has 0 aromatic heterocycles. The SMILES string of the molecule is C=C1C=C(C(C)=O)C=CN1/C(C)=C(C)/C(C)=C/c1ccc(F)cc1C. The predicted molar refractivity (Wildman–Crippen MR) is 102 cm³/mol. The third-order valence-corrected chi connectivity index (χ3v) is 4.54. The van der Waals surface area contributed by atoms with E-state index in [0.29, 0.717) is 5.57 Å². The second-order valence-corrected chi connectivity index (χ2v) is 6.37. The van der Waals surface area contributed by atoms with Crippen molar-refractivity contribution < 1.29 is 9.18 Å². The van der Waals surface area contributed by atoms with Crippen LogP contribution in [0.2, 0.25) is 0 Å². The van der Waals surface area contributed by atoms with E-state index in [2.05, 4.69) is 12.7 Å². The van der Waals surface area contributed by atoms with Crippen LogP contribution in [0.1, 0.15) is 38.8 Å². The Hall–Kier alpha value is -2.68. The highest BCUT2D eigenvalue weighted by Gasteiger charge is 2.14. The summed E-state index contributed by atoms with van der Waals surface area (Å²) in [7, 11) is 0. The zero-order valence-corrected chi connectivity index (χ0v) is 15.5. The van der Waals surface area contributed by atoms with Crippen molar-refractivity contribution in [3.63, 3.8) is 0 Å². The molecule has 2 nitrogen and oxygen atoms in total. The number of carbonyl (C=O) groups is 1. The molecule has 2 rings (SSSR count). The van der Waals surface area contributed by atoms with Gasteiger partial charge < -0.3 is 4.90 Å². The summed E-state index contributed by atoms with van der Waals surface area (Å²) in [5, 5.41) is 0. The standard InChI is InChI=1S/C22H24FNO/c1-14(11-20-7-8-22(23)12-15(20)2)17(4)18(5)24-10-9-21(19(6)25)13-16(24)3/h7-13H,3H2,1-2,4-6H3/b14-11+,18-17+. The number of halogens is 1. The van der Waals surface area contributed by atoms with Crippen molar-refractivity contribution in [2.75, 3.05) is 0 Å². The molecule has 0 atom stereocenters. The molecule has 130 valence electrons. The molecule has 1 aliphatic heterocycles. The van der Waals surface area contributed by atoms with Gasteiger partial charge in [0.15, 0.2) is 5.78 Å². The number of carbonyl (C=O) groups excluding carboxylic acids is 1. The van der Waals surface area contributed by atoms with E-state index in [4.69, 9.17) is 0 Å². The Kier molecular flexibility index (Phi) is 5.58. The van der Waals surface area contributed by atoms with Crippen LogP contribution in [-0.4, -0.2) is 10.7 Å². The maximum Gasteiger partial charge on any atom is 0.159 e. The first kappa shape index (κ1) is 18.7. The number of rotatable bonds is 4. The van der Waals surface area contributed by atoms with Crippen molar-refractivity contribution in [2.45, 2.75) is 34.6 Å². The second kappa shape index (κ2) is 7.47. The molecule has 0 fully saturated rings. The van der Waals surface area contributed by atoms with E-state index in [-0.39, 0.29) is 11.6 Å². The minimum Gasteiger partial charge on any atom is -0.321 e. The lowest BCUT2D eigenvalue weighted by molar-refractivity contribution is -0.113. The van der Waals surface area contributed by atoms with Gasteiger partial charge in [-0.1, -0.05) is 18.7 Å². The Morgan fingerprint density at radius 1 is 1.20 bits per heavy atom. The van der Waals surface area contributed by atoms with Gasteiger partial charge in [-0.3, -0.25) is 4.79 Å². The maximum absolute atomic E-state index is 13.3. The predicted octanol–water partition coefficient (Wildman–Crippen LogP) is 5.69. The van der Waals surface area contributed by atoms with Gasteiger partial charge in [0.1, 0.15) is 5.82 Å². The third kappa shape index (κ3) is 4.24. The molecule has 0 radical (unpaired) electrons. The van der Waals surface area contributed by atoms with Crippen LogP contribution in [0.5, 0.6) is 0 Å². The summed E-state index contributed by atoms with van der Waals surface area (Å²) in [6.07, 6.45) is 7.52. The Morgan fingerprint density at radius 3 is 2.44 bits per heavy atom. The van der Waals surface area contributed by atoms with E-state index in [1.54, 1.807) is 25.1 Å². The molecule has 0 saturated heterocycles. The van der Waals surface area contributed by atoms with Crippen molar-refractivity contribution in [3.8, 4) is 0 Å². The van der Waals surface area contributed by atoms with Gasteiger partial charge in [0.05, 0.1) is 0 Å². The molecule has 0 unspecified atom stereocenters. The van der Waals surface area contributed by atoms with Crippen molar-refractivity contribution in [2.24, 2.45) is 0 Å². The fourth-order valence-corrected chi connectivity index (χ4v) is 2.70. The lowest BCUT2D eigenvalue weighted by Gasteiger charge is -2.27. The van der Waals surface area contributed by atoms with Gasteiger partial charge in [-0.05, 0) is 81.2 Å². The normalized spacial score (nSPS) is 15.9. The number of hydrogen-bond donors (Lipinski definition) is 0. The highest BCUT2D eigenvalue weighted by atomic mass is 19.1. The van der Waals surface area contributed by atoms with Crippen LogP contribution in [0, 0.1) is 12.7 Å². The lowest BCUT2D eigenvalue weighted by atomic mass is 10.0. The molecular weight excluding hydrogens is 313 g/mol. The van der Waals surface area contributed by atoms with Crippen LogP contribution >= 0.6 is 0 Å². The van der Waals surface area contributed by atoms with Gasteiger partial charge in [0.25, 0.3) is 0 Å². The largest absolute Gasteiger partial charge is 0.321 e. The van der Waals surface area contributed by atoms with E-state index < -0.39 is 0 Å². The Bertz CT molecular complexity index is 853. The molecule has 1 aromatic carbocycles. The van der Waals surface area contributed by atoms with Crippen molar-refractivity contribution >= 4 is 11.9 Å². The number of hydrogen-bond acceptors (Lipinski definition) is 2. The van der Waals surface area contributed by atoms with E-state index in [0.717, 1.165) is 33.7 Å². The van der Waals surface area contributed by atoms with Crippen molar-refractivity contribution in [1.82, 2.24) is 4.90 Å². The fourth-order valence-electron chi connectivity index (χ4n) is 2.70. The molecule has 1 heterocycles. The van der Waals surface area contributed by atoms with Crippen LogP contribution < -0.4 is 0 Å². The van der Waals surface area contributed by atoms with Crippen LogP contribution in [-0.2, 0) is 4.79 Å². The molecule has 0 amide bonds. The minimum absolute atomic E-state index is 0.0262. The number of Topliss-reactive ketones (excluding diaryl/α,β-unsaturated/α-hetero) is 1. The van der Waals surface area contributed by atoms with E-state index in [1.807, 2.05) is 38.8 Å². The molecule has 3 heteroatoms. The fraction of sp³-hybridized carbons (Fsp3) is 0.227. The highest BCUT2D eigenvalue weighted by Crippen LogP contribution is 2.27. The summed E-state index contributed by atoms with van der Waals surface area (Å²) < 4.78 is 13.3. The number of benzene rings is 1. The molecule has 0 N–H and O–H groups in total. The van der Waals surface area contributed by atoms with Crippen LogP contribution in [0.4, 0.5) is 4.39 Å². The van der Waals surface area contributed by atoms with E-state index >= 15 is 0 Å². The average Bonchev–Trinajstić information content (AvgIpc) is 2.55. The summed E-state index contributed by atoms with van der Waals surface area (Å²) in [4.78, 5) is 13.5. The van der Waals surface area contributed by atoms with Crippen LogP contribution in [0.25, 0.3) is 6.08 Å². The van der Waals surface area contributed by atoms with Crippen molar-refractivity contribution in [1.29, 1.82) is 0 Å².